The summed E-state index contributed by atoms with van der Waals surface area (Å²) in [4.78, 5) is 12.8. The van der Waals surface area contributed by atoms with Crippen LogP contribution in [0.1, 0.15) is 63.2 Å². The first kappa shape index (κ1) is 16.2. The minimum atomic E-state index is 0.158. The van der Waals surface area contributed by atoms with Gasteiger partial charge in [0.05, 0.1) is 6.42 Å². The van der Waals surface area contributed by atoms with Crippen LogP contribution in [0.5, 0.6) is 0 Å². The lowest BCUT2D eigenvalue weighted by molar-refractivity contribution is -0.120. The fraction of sp³-hybridized carbons (Fsp3) is 0.688. The summed E-state index contributed by atoms with van der Waals surface area (Å²) in [7, 11) is 0. The highest BCUT2D eigenvalue weighted by atomic mass is 32.1. The largest absolute Gasteiger partial charge is 0.356 e. The summed E-state index contributed by atoms with van der Waals surface area (Å²) < 4.78 is 0. The lowest BCUT2D eigenvalue weighted by Gasteiger charge is -2.04. The van der Waals surface area contributed by atoms with Crippen LogP contribution in [0.4, 0.5) is 0 Å². The van der Waals surface area contributed by atoms with Crippen LogP contribution >= 0.6 is 11.3 Å². The number of carbonyl (C=O) groups is 1. The van der Waals surface area contributed by atoms with E-state index in [0.717, 1.165) is 17.8 Å². The van der Waals surface area contributed by atoms with E-state index in [4.69, 9.17) is 0 Å². The number of hydrogen-bond donors (Lipinski definition) is 1. The summed E-state index contributed by atoms with van der Waals surface area (Å²) >= 11 is 1.65. The Hall–Kier alpha value is -0.830. The van der Waals surface area contributed by atoms with E-state index < -0.39 is 0 Å². The molecular weight excluding hydrogens is 254 g/mol. The highest BCUT2D eigenvalue weighted by Crippen LogP contribution is 2.09. The fourth-order valence-corrected chi connectivity index (χ4v) is 2.82. The molecule has 1 amide bonds. The topological polar surface area (TPSA) is 29.1 Å². The van der Waals surface area contributed by atoms with Gasteiger partial charge in [0.15, 0.2) is 0 Å². The average molecular weight is 281 g/mol. The molecule has 0 aliphatic heterocycles. The van der Waals surface area contributed by atoms with Crippen LogP contribution in [0.25, 0.3) is 0 Å². The van der Waals surface area contributed by atoms with Gasteiger partial charge >= 0.3 is 0 Å². The minimum absolute atomic E-state index is 0.158. The molecule has 1 N–H and O–H groups in total. The normalized spacial score (nSPS) is 10.6. The predicted molar refractivity (Wildman–Crippen MR) is 83.6 cm³/mol. The summed E-state index contributed by atoms with van der Waals surface area (Å²) in [5, 5.41) is 5.01. The Morgan fingerprint density at radius 1 is 1.11 bits per heavy atom. The second kappa shape index (κ2) is 11.0. The molecule has 0 atom stereocenters. The molecule has 1 aromatic heterocycles. The van der Waals surface area contributed by atoms with Crippen molar-refractivity contribution in [3.63, 3.8) is 0 Å². The summed E-state index contributed by atoms with van der Waals surface area (Å²) in [5.41, 5.74) is 0. The van der Waals surface area contributed by atoms with Gasteiger partial charge in [-0.2, -0.15) is 0 Å². The SMILES string of the molecule is CCCCCCCCCCNC(=O)Cc1cccs1. The molecule has 19 heavy (non-hydrogen) atoms. The Balaban J connectivity index is 1.86. The number of hydrogen-bond acceptors (Lipinski definition) is 2. The van der Waals surface area contributed by atoms with Crippen molar-refractivity contribution in [2.24, 2.45) is 0 Å². The third-order valence-electron chi connectivity index (χ3n) is 3.27. The van der Waals surface area contributed by atoms with Gasteiger partial charge in [-0.15, -0.1) is 11.3 Å². The molecule has 1 aromatic rings. The predicted octanol–water partition coefficient (Wildman–Crippen LogP) is 4.55. The number of thiophene rings is 1. The molecule has 2 nitrogen and oxygen atoms in total. The van der Waals surface area contributed by atoms with Crippen LogP contribution in [-0.4, -0.2) is 12.5 Å². The van der Waals surface area contributed by atoms with Gasteiger partial charge in [0.25, 0.3) is 0 Å². The van der Waals surface area contributed by atoms with Crippen molar-refractivity contribution in [1.29, 1.82) is 0 Å². The van der Waals surface area contributed by atoms with Gasteiger partial charge in [0.2, 0.25) is 5.91 Å². The number of carbonyl (C=O) groups excluding carboxylic acids is 1. The lowest BCUT2D eigenvalue weighted by atomic mass is 10.1. The molecule has 3 heteroatoms. The molecule has 1 heterocycles. The van der Waals surface area contributed by atoms with Crippen LogP contribution in [0.3, 0.4) is 0 Å². The van der Waals surface area contributed by atoms with E-state index in [1.54, 1.807) is 11.3 Å². The van der Waals surface area contributed by atoms with E-state index in [9.17, 15) is 4.79 Å². The highest BCUT2D eigenvalue weighted by Gasteiger charge is 2.02. The van der Waals surface area contributed by atoms with Crippen LogP contribution in [0, 0.1) is 0 Å². The van der Waals surface area contributed by atoms with Crippen molar-refractivity contribution < 1.29 is 4.79 Å². The van der Waals surface area contributed by atoms with Crippen LogP contribution in [0.15, 0.2) is 17.5 Å². The first-order valence-corrected chi connectivity index (χ1v) is 8.50. The molecule has 0 unspecified atom stereocenters. The summed E-state index contributed by atoms with van der Waals surface area (Å²) in [6, 6.07) is 4.01. The van der Waals surface area contributed by atoms with Gasteiger partial charge in [-0.25, -0.2) is 0 Å². The zero-order valence-electron chi connectivity index (χ0n) is 12.1. The summed E-state index contributed by atoms with van der Waals surface area (Å²) in [6.07, 6.45) is 11.0. The van der Waals surface area contributed by atoms with Gasteiger partial charge in [-0.05, 0) is 17.9 Å². The zero-order chi connectivity index (χ0) is 13.8. The van der Waals surface area contributed by atoms with Gasteiger partial charge in [-0.1, -0.05) is 57.9 Å². The van der Waals surface area contributed by atoms with E-state index in [0.29, 0.717) is 6.42 Å². The van der Waals surface area contributed by atoms with Crippen molar-refractivity contribution in [3.05, 3.63) is 22.4 Å². The first-order chi connectivity index (χ1) is 9.33. The molecule has 1 rings (SSSR count). The molecule has 0 fully saturated rings. The number of amides is 1. The Labute approximate surface area is 121 Å². The smallest absolute Gasteiger partial charge is 0.225 e. The summed E-state index contributed by atoms with van der Waals surface area (Å²) in [6.45, 7) is 3.08. The van der Waals surface area contributed by atoms with Gasteiger partial charge in [0, 0.05) is 11.4 Å². The highest BCUT2D eigenvalue weighted by molar-refractivity contribution is 7.10. The zero-order valence-corrected chi connectivity index (χ0v) is 12.9. The number of nitrogens with one attached hydrogen (secondary N) is 1. The third kappa shape index (κ3) is 8.82. The Kier molecular flexibility index (Phi) is 9.42. The van der Waals surface area contributed by atoms with Crippen molar-refractivity contribution in [3.8, 4) is 0 Å². The monoisotopic (exact) mass is 281 g/mol. The molecule has 0 saturated heterocycles. The van der Waals surface area contributed by atoms with Crippen LogP contribution in [0.2, 0.25) is 0 Å². The maximum atomic E-state index is 11.6. The Morgan fingerprint density at radius 3 is 2.42 bits per heavy atom. The van der Waals surface area contributed by atoms with Crippen molar-refractivity contribution in [2.75, 3.05) is 6.54 Å². The van der Waals surface area contributed by atoms with Crippen molar-refractivity contribution >= 4 is 17.2 Å². The van der Waals surface area contributed by atoms with E-state index in [1.165, 1.54) is 44.9 Å². The first-order valence-electron chi connectivity index (χ1n) is 7.62. The van der Waals surface area contributed by atoms with Crippen LogP contribution < -0.4 is 5.32 Å². The fourth-order valence-electron chi connectivity index (χ4n) is 2.12. The molecule has 0 aliphatic rings. The van der Waals surface area contributed by atoms with E-state index in [1.807, 2.05) is 17.5 Å². The maximum Gasteiger partial charge on any atom is 0.225 e. The molecule has 0 saturated carbocycles. The molecule has 0 radical (unpaired) electrons. The third-order valence-corrected chi connectivity index (χ3v) is 4.14. The number of rotatable bonds is 11. The maximum absolute atomic E-state index is 11.6. The Morgan fingerprint density at radius 2 is 1.79 bits per heavy atom. The van der Waals surface area contributed by atoms with E-state index >= 15 is 0 Å². The lowest BCUT2D eigenvalue weighted by Crippen LogP contribution is -2.25. The minimum Gasteiger partial charge on any atom is -0.356 e. The number of unbranched alkanes of at least 4 members (excludes halogenated alkanes) is 7. The molecular formula is C16H27NOS. The standard InChI is InChI=1S/C16H27NOS/c1-2-3-4-5-6-7-8-9-12-17-16(18)14-15-11-10-13-19-15/h10-11,13H,2-9,12,14H2,1H3,(H,17,18). The van der Waals surface area contributed by atoms with Crippen molar-refractivity contribution in [1.82, 2.24) is 5.32 Å². The average Bonchev–Trinajstić information content (AvgIpc) is 2.89. The second-order valence-corrected chi connectivity index (χ2v) is 6.11. The van der Waals surface area contributed by atoms with E-state index in [2.05, 4.69) is 12.2 Å². The molecule has 0 bridgehead atoms. The molecule has 0 aliphatic carbocycles. The molecule has 0 aromatic carbocycles. The van der Waals surface area contributed by atoms with E-state index in [-0.39, 0.29) is 5.91 Å². The quantitative estimate of drug-likeness (QED) is 0.592. The van der Waals surface area contributed by atoms with Crippen LogP contribution in [-0.2, 0) is 11.2 Å². The van der Waals surface area contributed by atoms with Gasteiger partial charge < -0.3 is 5.32 Å². The van der Waals surface area contributed by atoms with Gasteiger partial charge in [0.1, 0.15) is 0 Å². The molecule has 0 spiro atoms. The van der Waals surface area contributed by atoms with Crippen molar-refractivity contribution in [2.45, 2.75) is 64.7 Å². The molecule has 108 valence electrons. The van der Waals surface area contributed by atoms with Gasteiger partial charge in [-0.3, -0.25) is 4.79 Å². The summed E-state index contributed by atoms with van der Waals surface area (Å²) in [5.74, 6) is 0.158. The second-order valence-electron chi connectivity index (χ2n) is 5.08. The Bertz CT molecular complexity index is 321.